The minimum Gasteiger partial charge on any atom is -0.425 e. The van der Waals surface area contributed by atoms with Gasteiger partial charge in [-0.3, -0.25) is 9.89 Å². The van der Waals surface area contributed by atoms with E-state index in [4.69, 9.17) is 4.42 Å². The fraction of sp³-hybridized carbons (Fsp3) is 0.600. The highest BCUT2D eigenvalue weighted by Crippen LogP contribution is 2.50. The average Bonchev–Trinajstić information content (AvgIpc) is 3.27. The van der Waals surface area contributed by atoms with Crippen molar-refractivity contribution in [1.29, 1.82) is 0 Å². The summed E-state index contributed by atoms with van der Waals surface area (Å²) in [4.78, 5) is 14.1. The van der Waals surface area contributed by atoms with Gasteiger partial charge in [0.2, 0.25) is 11.8 Å². The molecule has 2 aromatic rings. The Morgan fingerprint density at radius 3 is 2.88 bits per heavy atom. The Balaban J connectivity index is 1.59. The third-order valence-electron chi connectivity index (χ3n) is 5.21. The Labute approximate surface area is 140 Å². The maximum absolute atomic E-state index is 12.7. The predicted molar refractivity (Wildman–Crippen MR) is 77.5 cm³/mol. The number of halogens is 3. The van der Waals surface area contributed by atoms with Crippen molar-refractivity contribution < 1.29 is 22.4 Å². The molecule has 134 valence electrons. The first-order valence-corrected chi connectivity index (χ1v) is 8.02. The molecule has 1 saturated carbocycles. The molecule has 1 aliphatic carbocycles. The van der Waals surface area contributed by atoms with Crippen LogP contribution >= 0.6 is 0 Å². The van der Waals surface area contributed by atoms with Gasteiger partial charge in [0.1, 0.15) is 5.69 Å². The van der Waals surface area contributed by atoms with Crippen molar-refractivity contribution in [3.63, 3.8) is 0 Å². The Hall–Kier alpha value is -2.39. The van der Waals surface area contributed by atoms with Crippen LogP contribution in [0.3, 0.4) is 0 Å². The van der Waals surface area contributed by atoms with E-state index in [9.17, 15) is 18.0 Å². The lowest BCUT2D eigenvalue weighted by Crippen LogP contribution is -2.35. The number of hydrogen-bond donors (Lipinski definition) is 1. The summed E-state index contributed by atoms with van der Waals surface area (Å²) >= 11 is 0. The van der Waals surface area contributed by atoms with Crippen molar-refractivity contribution in [2.45, 2.75) is 37.8 Å². The topological polar surface area (TPSA) is 87.9 Å². The second-order valence-electron chi connectivity index (χ2n) is 6.72. The van der Waals surface area contributed by atoms with Gasteiger partial charge in [-0.25, -0.2) is 0 Å². The van der Waals surface area contributed by atoms with Gasteiger partial charge >= 0.3 is 6.18 Å². The molecule has 2 aromatic heterocycles. The third-order valence-corrected chi connectivity index (χ3v) is 5.21. The highest BCUT2D eigenvalue weighted by Gasteiger charge is 2.55. The van der Waals surface area contributed by atoms with Gasteiger partial charge in [0.05, 0.1) is 5.41 Å². The van der Waals surface area contributed by atoms with Crippen LogP contribution in [0, 0.1) is 12.8 Å². The van der Waals surface area contributed by atoms with Gasteiger partial charge < -0.3 is 9.32 Å². The fourth-order valence-corrected chi connectivity index (χ4v) is 4.03. The van der Waals surface area contributed by atoms with Crippen LogP contribution in [0.1, 0.15) is 47.2 Å². The SMILES string of the molecule is Cc1nnc([C@]23CCC[C@H]2CN(C(=O)c2cc(C(F)(F)F)[nH]n2)C3)o1. The van der Waals surface area contributed by atoms with Gasteiger partial charge in [-0.05, 0) is 18.8 Å². The average molecular weight is 355 g/mol. The van der Waals surface area contributed by atoms with Crippen molar-refractivity contribution in [2.24, 2.45) is 5.92 Å². The maximum Gasteiger partial charge on any atom is 0.432 e. The van der Waals surface area contributed by atoms with Gasteiger partial charge in [-0.2, -0.15) is 18.3 Å². The van der Waals surface area contributed by atoms with Gasteiger partial charge in [-0.15, -0.1) is 10.2 Å². The number of nitrogens with one attached hydrogen (secondary N) is 1. The summed E-state index contributed by atoms with van der Waals surface area (Å²) in [5, 5.41) is 13.4. The van der Waals surface area contributed by atoms with Crippen LogP contribution in [0.4, 0.5) is 13.2 Å². The monoisotopic (exact) mass is 355 g/mol. The van der Waals surface area contributed by atoms with Crippen molar-refractivity contribution in [1.82, 2.24) is 25.3 Å². The molecule has 10 heteroatoms. The second-order valence-corrected chi connectivity index (χ2v) is 6.72. The zero-order chi connectivity index (χ0) is 17.8. The lowest BCUT2D eigenvalue weighted by atomic mass is 9.80. The quantitative estimate of drug-likeness (QED) is 0.893. The smallest absolute Gasteiger partial charge is 0.425 e. The summed E-state index contributed by atoms with van der Waals surface area (Å²) in [7, 11) is 0. The van der Waals surface area contributed by atoms with E-state index in [1.165, 1.54) is 0 Å². The van der Waals surface area contributed by atoms with E-state index in [2.05, 4.69) is 15.3 Å². The largest absolute Gasteiger partial charge is 0.432 e. The normalized spacial score (nSPS) is 26.2. The second kappa shape index (κ2) is 5.30. The van der Waals surface area contributed by atoms with E-state index >= 15 is 0 Å². The lowest BCUT2D eigenvalue weighted by molar-refractivity contribution is -0.141. The highest BCUT2D eigenvalue weighted by atomic mass is 19.4. The zero-order valence-electron chi connectivity index (χ0n) is 13.4. The molecule has 2 aliphatic rings. The van der Waals surface area contributed by atoms with Crippen LogP contribution in [-0.4, -0.2) is 44.3 Å². The molecule has 2 fully saturated rings. The maximum atomic E-state index is 12.7. The number of fused-ring (bicyclic) bond motifs is 1. The van der Waals surface area contributed by atoms with Gasteiger partial charge in [0.25, 0.3) is 5.91 Å². The first kappa shape index (κ1) is 16.1. The number of carbonyl (C=O) groups is 1. The summed E-state index contributed by atoms with van der Waals surface area (Å²) in [5.41, 5.74) is -1.67. The molecule has 0 unspecified atom stereocenters. The molecule has 4 rings (SSSR count). The first-order valence-electron chi connectivity index (χ1n) is 8.02. The van der Waals surface area contributed by atoms with E-state index in [0.717, 1.165) is 25.3 Å². The van der Waals surface area contributed by atoms with Crippen LogP contribution in [-0.2, 0) is 11.6 Å². The molecule has 0 aromatic carbocycles. The molecule has 25 heavy (non-hydrogen) atoms. The Kier molecular flexibility index (Phi) is 3.41. The van der Waals surface area contributed by atoms with Crippen LogP contribution in [0.25, 0.3) is 0 Å². The van der Waals surface area contributed by atoms with Crippen LogP contribution in [0.5, 0.6) is 0 Å². The number of rotatable bonds is 2. The molecule has 7 nitrogen and oxygen atoms in total. The molecule has 1 N–H and O–H groups in total. The summed E-state index contributed by atoms with van der Waals surface area (Å²) in [6.45, 7) is 2.51. The minimum atomic E-state index is -4.56. The number of nitrogens with zero attached hydrogens (tertiary/aromatic N) is 4. The molecule has 2 atom stereocenters. The first-order chi connectivity index (χ1) is 11.8. The van der Waals surface area contributed by atoms with Crippen molar-refractivity contribution in [3.8, 4) is 0 Å². The van der Waals surface area contributed by atoms with Crippen molar-refractivity contribution >= 4 is 5.91 Å². The molecule has 0 bridgehead atoms. The Morgan fingerprint density at radius 2 is 2.24 bits per heavy atom. The van der Waals surface area contributed by atoms with Crippen LogP contribution in [0.15, 0.2) is 10.5 Å². The highest BCUT2D eigenvalue weighted by molar-refractivity contribution is 5.92. The molecular weight excluding hydrogens is 339 g/mol. The van der Waals surface area contributed by atoms with Crippen LogP contribution in [0.2, 0.25) is 0 Å². The summed E-state index contributed by atoms with van der Waals surface area (Å²) < 4.78 is 43.7. The van der Waals surface area contributed by atoms with Crippen LogP contribution < -0.4 is 0 Å². The molecule has 3 heterocycles. The number of carbonyl (C=O) groups excluding carboxylic acids is 1. The predicted octanol–water partition coefficient (Wildman–Crippen LogP) is 2.31. The fourth-order valence-electron chi connectivity index (χ4n) is 4.03. The van der Waals surface area contributed by atoms with E-state index < -0.39 is 23.2 Å². The molecular formula is C15H16F3N5O2. The number of H-pyrrole nitrogens is 1. The zero-order valence-corrected chi connectivity index (χ0v) is 13.4. The Morgan fingerprint density at radius 1 is 1.44 bits per heavy atom. The van der Waals surface area contributed by atoms with E-state index in [-0.39, 0.29) is 11.6 Å². The van der Waals surface area contributed by atoms with Crippen molar-refractivity contribution in [3.05, 3.63) is 29.2 Å². The van der Waals surface area contributed by atoms with E-state index in [1.54, 1.807) is 11.8 Å². The minimum absolute atomic E-state index is 0.164. The molecule has 1 saturated heterocycles. The van der Waals surface area contributed by atoms with Gasteiger partial charge in [0.15, 0.2) is 5.69 Å². The van der Waals surface area contributed by atoms with Gasteiger partial charge in [-0.1, -0.05) is 6.42 Å². The molecule has 1 amide bonds. The third kappa shape index (κ3) is 2.50. The number of likely N-dealkylation sites (tertiary alicyclic amines) is 1. The number of amides is 1. The standard InChI is InChI=1S/C15H16F3N5O2/c1-8-19-22-13(25-8)14-4-2-3-9(14)6-23(7-14)12(24)10-5-11(21-20-10)15(16,17)18/h5,9H,2-4,6-7H2,1H3,(H,20,21)/t9-,14-/m0/s1. The van der Waals surface area contributed by atoms with Crippen molar-refractivity contribution in [2.75, 3.05) is 13.1 Å². The Bertz CT molecular complexity index is 814. The number of hydrogen-bond acceptors (Lipinski definition) is 5. The molecule has 0 radical (unpaired) electrons. The summed E-state index contributed by atoms with van der Waals surface area (Å²) in [6, 6.07) is 0.750. The molecule has 0 spiro atoms. The van der Waals surface area contributed by atoms with E-state index in [0.29, 0.717) is 24.9 Å². The summed E-state index contributed by atoms with van der Waals surface area (Å²) in [6.07, 6.45) is -1.83. The van der Waals surface area contributed by atoms with E-state index in [1.807, 2.05) is 5.10 Å². The number of aryl methyl sites for hydroxylation is 1. The number of aromatic amines is 1. The van der Waals surface area contributed by atoms with Gasteiger partial charge in [0, 0.05) is 26.1 Å². The number of aromatic nitrogens is 4. The number of alkyl halides is 3. The lowest BCUT2D eigenvalue weighted by Gasteiger charge is -2.24. The summed E-state index contributed by atoms with van der Waals surface area (Å²) in [5.74, 6) is 0.622. The molecule has 1 aliphatic heterocycles.